The molecular weight excluding hydrogens is 288 g/mol. The SMILES string of the molecule is COCCn1nc(-c2ccc(C)cc2C)cc(CCl)c1=O. The number of hydrogen-bond acceptors (Lipinski definition) is 3. The lowest BCUT2D eigenvalue weighted by molar-refractivity contribution is 0.182. The average Bonchev–Trinajstić information content (AvgIpc) is 2.46. The van der Waals surface area contributed by atoms with Gasteiger partial charge in [-0.3, -0.25) is 4.79 Å². The maximum atomic E-state index is 12.2. The van der Waals surface area contributed by atoms with Crippen molar-refractivity contribution in [3.8, 4) is 11.3 Å². The van der Waals surface area contributed by atoms with E-state index >= 15 is 0 Å². The maximum Gasteiger partial charge on any atom is 0.271 e. The predicted octanol–water partition coefficient (Wildman–Crippen LogP) is 2.91. The van der Waals surface area contributed by atoms with Crippen LogP contribution in [0.4, 0.5) is 0 Å². The summed E-state index contributed by atoms with van der Waals surface area (Å²) in [5, 5.41) is 4.44. The monoisotopic (exact) mass is 306 g/mol. The van der Waals surface area contributed by atoms with Gasteiger partial charge >= 0.3 is 0 Å². The fourth-order valence-electron chi connectivity index (χ4n) is 2.25. The molecule has 2 aromatic rings. The molecule has 0 aliphatic rings. The third kappa shape index (κ3) is 3.52. The summed E-state index contributed by atoms with van der Waals surface area (Å²) in [6.45, 7) is 4.94. The molecule has 0 spiro atoms. The summed E-state index contributed by atoms with van der Waals surface area (Å²) < 4.78 is 6.45. The summed E-state index contributed by atoms with van der Waals surface area (Å²) in [7, 11) is 1.60. The zero-order valence-corrected chi connectivity index (χ0v) is 13.3. The smallest absolute Gasteiger partial charge is 0.271 e. The number of nitrogens with zero attached hydrogens (tertiary/aromatic N) is 2. The van der Waals surface area contributed by atoms with E-state index in [4.69, 9.17) is 16.3 Å². The van der Waals surface area contributed by atoms with Crippen molar-refractivity contribution in [1.82, 2.24) is 9.78 Å². The van der Waals surface area contributed by atoms with E-state index in [-0.39, 0.29) is 11.4 Å². The van der Waals surface area contributed by atoms with Crippen LogP contribution in [-0.2, 0) is 17.2 Å². The van der Waals surface area contributed by atoms with Crippen molar-refractivity contribution in [3.63, 3.8) is 0 Å². The second kappa shape index (κ2) is 6.87. The van der Waals surface area contributed by atoms with E-state index in [0.29, 0.717) is 18.7 Å². The molecule has 1 aromatic carbocycles. The van der Waals surface area contributed by atoms with Crippen molar-refractivity contribution in [3.05, 3.63) is 51.3 Å². The topological polar surface area (TPSA) is 44.1 Å². The first-order chi connectivity index (χ1) is 10.1. The van der Waals surface area contributed by atoms with Crippen molar-refractivity contribution in [1.29, 1.82) is 0 Å². The molecule has 112 valence electrons. The second-order valence-electron chi connectivity index (χ2n) is 5.03. The number of hydrogen-bond donors (Lipinski definition) is 0. The number of benzene rings is 1. The fourth-order valence-corrected chi connectivity index (χ4v) is 2.45. The standard InChI is InChI=1S/C16H19ClN2O2/c1-11-4-5-14(12(2)8-11)15-9-13(10-17)16(20)19(18-15)6-7-21-3/h4-5,8-9H,6-7,10H2,1-3H3. The van der Waals surface area contributed by atoms with Crippen molar-refractivity contribution in [2.24, 2.45) is 0 Å². The lowest BCUT2D eigenvalue weighted by Gasteiger charge is -2.11. The summed E-state index contributed by atoms with van der Waals surface area (Å²) in [6, 6.07) is 7.93. The van der Waals surface area contributed by atoms with Crippen LogP contribution in [0.2, 0.25) is 0 Å². The highest BCUT2D eigenvalue weighted by atomic mass is 35.5. The fraction of sp³-hybridized carbons (Fsp3) is 0.375. The van der Waals surface area contributed by atoms with Crippen LogP contribution in [0.1, 0.15) is 16.7 Å². The molecule has 0 aliphatic carbocycles. The Hall–Kier alpha value is -1.65. The number of ether oxygens (including phenoxy) is 1. The number of aryl methyl sites for hydroxylation is 2. The van der Waals surface area contributed by atoms with E-state index in [9.17, 15) is 4.79 Å². The summed E-state index contributed by atoms with van der Waals surface area (Å²) in [5.74, 6) is 0.173. The first-order valence-electron chi connectivity index (χ1n) is 6.80. The van der Waals surface area contributed by atoms with E-state index in [1.54, 1.807) is 13.2 Å². The van der Waals surface area contributed by atoms with Crippen molar-refractivity contribution < 1.29 is 4.74 Å². The second-order valence-corrected chi connectivity index (χ2v) is 5.30. The molecule has 0 aliphatic heterocycles. The summed E-state index contributed by atoms with van der Waals surface area (Å²) in [5.41, 5.74) is 4.49. The summed E-state index contributed by atoms with van der Waals surface area (Å²) >= 11 is 5.89. The first-order valence-corrected chi connectivity index (χ1v) is 7.34. The Balaban J connectivity index is 2.55. The maximum absolute atomic E-state index is 12.2. The minimum atomic E-state index is -0.157. The van der Waals surface area contributed by atoms with Gasteiger partial charge in [0.15, 0.2) is 0 Å². The van der Waals surface area contributed by atoms with Crippen LogP contribution in [0.15, 0.2) is 29.1 Å². The molecule has 0 fully saturated rings. The normalized spacial score (nSPS) is 10.9. The highest BCUT2D eigenvalue weighted by Gasteiger charge is 2.11. The van der Waals surface area contributed by atoms with Gasteiger partial charge in [0.2, 0.25) is 0 Å². The van der Waals surface area contributed by atoms with E-state index in [1.807, 2.05) is 26.0 Å². The van der Waals surface area contributed by atoms with Crippen LogP contribution >= 0.6 is 11.6 Å². The highest BCUT2D eigenvalue weighted by molar-refractivity contribution is 6.17. The predicted molar refractivity (Wildman–Crippen MR) is 84.8 cm³/mol. The Morgan fingerprint density at radius 2 is 2.05 bits per heavy atom. The molecule has 1 heterocycles. The average molecular weight is 307 g/mol. The lowest BCUT2D eigenvalue weighted by Crippen LogP contribution is -2.27. The third-order valence-corrected chi connectivity index (χ3v) is 3.65. The summed E-state index contributed by atoms with van der Waals surface area (Å²) in [6.07, 6.45) is 0. The molecule has 0 saturated carbocycles. The molecule has 5 heteroatoms. The third-order valence-electron chi connectivity index (χ3n) is 3.36. The molecule has 1 aromatic heterocycles. The van der Waals surface area contributed by atoms with Gasteiger partial charge in [-0.25, -0.2) is 4.68 Å². The lowest BCUT2D eigenvalue weighted by atomic mass is 10.0. The molecular formula is C16H19ClN2O2. The number of methoxy groups -OCH3 is 1. The molecule has 21 heavy (non-hydrogen) atoms. The molecule has 0 amide bonds. The van der Waals surface area contributed by atoms with E-state index in [0.717, 1.165) is 16.8 Å². The Kier molecular flexibility index (Phi) is 5.15. The van der Waals surface area contributed by atoms with Crippen molar-refractivity contribution in [2.45, 2.75) is 26.3 Å². The molecule has 0 saturated heterocycles. The molecule has 0 atom stereocenters. The zero-order valence-electron chi connectivity index (χ0n) is 12.5. The van der Waals surface area contributed by atoms with Crippen LogP contribution in [0.25, 0.3) is 11.3 Å². The van der Waals surface area contributed by atoms with Gasteiger partial charge in [-0.05, 0) is 25.5 Å². The van der Waals surface area contributed by atoms with Crippen LogP contribution in [-0.4, -0.2) is 23.5 Å². The Morgan fingerprint density at radius 1 is 1.29 bits per heavy atom. The molecule has 0 unspecified atom stereocenters. The Morgan fingerprint density at radius 3 is 2.67 bits per heavy atom. The van der Waals surface area contributed by atoms with Gasteiger partial charge in [-0.1, -0.05) is 23.8 Å². The van der Waals surface area contributed by atoms with E-state index < -0.39 is 0 Å². The Bertz CT molecular complexity index is 695. The highest BCUT2D eigenvalue weighted by Crippen LogP contribution is 2.22. The molecule has 4 nitrogen and oxygen atoms in total. The molecule has 2 rings (SSSR count). The van der Waals surface area contributed by atoms with Crippen molar-refractivity contribution in [2.75, 3.05) is 13.7 Å². The van der Waals surface area contributed by atoms with Crippen molar-refractivity contribution >= 4 is 11.6 Å². The number of alkyl halides is 1. The molecule has 0 radical (unpaired) electrons. The minimum absolute atomic E-state index is 0.157. The van der Waals surface area contributed by atoms with Gasteiger partial charge in [0.05, 0.1) is 24.7 Å². The largest absolute Gasteiger partial charge is 0.383 e. The van der Waals surface area contributed by atoms with Gasteiger partial charge in [0, 0.05) is 18.2 Å². The van der Waals surface area contributed by atoms with E-state index in [2.05, 4.69) is 11.2 Å². The Labute approximate surface area is 129 Å². The van der Waals surface area contributed by atoms with Gasteiger partial charge in [0.1, 0.15) is 0 Å². The van der Waals surface area contributed by atoms with Crippen LogP contribution < -0.4 is 5.56 Å². The number of aromatic nitrogens is 2. The number of rotatable bonds is 5. The van der Waals surface area contributed by atoms with Crippen LogP contribution in [0, 0.1) is 13.8 Å². The number of halogens is 1. The van der Waals surface area contributed by atoms with Crippen LogP contribution in [0.3, 0.4) is 0 Å². The van der Waals surface area contributed by atoms with Gasteiger partial charge < -0.3 is 4.74 Å². The molecule has 0 bridgehead atoms. The van der Waals surface area contributed by atoms with Crippen LogP contribution in [0.5, 0.6) is 0 Å². The quantitative estimate of drug-likeness (QED) is 0.798. The first kappa shape index (κ1) is 15.7. The van der Waals surface area contributed by atoms with E-state index in [1.165, 1.54) is 10.2 Å². The zero-order chi connectivity index (χ0) is 15.4. The van der Waals surface area contributed by atoms with Gasteiger partial charge in [-0.15, -0.1) is 11.6 Å². The molecule has 0 N–H and O–H groups in total. The minimum Gasteiger partial charge on any atom is -0.383 e. The summed E-state index contributed by atoms with van der Waals surface area (Å²) in [4.78, 5) is 12.2. The van der Waals surface area contributed by atoms with Gasteiger partial charge in [-0.2, -0.15) is 5.10 Å². The van der Waals surface area contributed by atoms with Gasteiger partial charge in [0.25, 0.3) is 5.56 Å².